The van der Waals surface area contributed by atoms with E-state index in [1.165, 1.54) is 12.5 Å². The molecule has 0 aromatic rings. The molecule has 0 amide bonds. The molecular formula is C7H10LiSi+. The van der Waals surface area contributed by atoms with E-state index >= 15 is 0 Å². The van der Waals surface area contributed by atoms with Gasteiger partial charge in [-0.15, -0.1) is 0 Å². The van der Waals surface area contributed by atoms with Crippen LogP contribution in [-0.2, 0) is 0 Å². The molecule has 0 heterocycles. The third kappa shape index (κ3) is 3.10. The van der Waals surface area contributed by atoms with Crippen molar-refractivity contribution in [3.63, 3.8) is 0 Å². The van der Waals surface area contributed by atoms with Crippen LogP contribution >= 0.6 is 0 Å². The summed E-state index contributed by atoms with van der Waals surface area (Å²) in [6.07, 6.45) is 7.82. The fourth-order valence-electron chi connectivity index (χ4n) is 0.805. The summed E-state index contributed by atoms with van der Waals surface area (Å²) in [6, 6.07) is 1.31. The van der Waals surface area contributed by atoms with Gasteiger partial charge in [0, 0.05) is 0 Å². The predicted octanol–water partition coefficient (Wildman–Crippen LogP) is -1.02. The Morgan fingerprint density at radius 1 is 1.67 bits per heavy atom. The molecule has 0 aliphatic heterocycles. The van der Waals surface area contributed by atoms with Crippen LogP contribution in [0.1, 0.15) is 13.3 Å². The Labute approximate surface area is 71.4 Å². The topological polar surface area (TPSA) is 0 Å². The van der Waals surface area contributed by atoms with Crippen molar-refractivity contribution in [3.05, 3.63) is 23.4 Å². The van der Waals surface area contributed by atoms with Crippen molar-refractivity contribution in [2.24, 2.45) is 0 Å². The molecule has 9 heavy (non-hydrogen) atoms. The molecule has 0 nitrogen and oxygen atoms in total. The van der Waals surface area contributed by atoms with E-state index in [0.29, 0.717) is 0 Å². The van der Waals surface area contributed by atoms with Gasteiger partial charge in [-0.05, 0) is 6.42 Å². The van der Waals surface area contributed by atoms with Crippen LogP contribution in [0.5, 0.6) is 0 Å². The summed E-state index contributed by atoms with van der Waals surface area (Å²) in [4.78, 5) is 0. The van der Waals surface area contributed by atoms with E-state index in [0.717, 1.165) is 9.52 Å². The zero-order valence-electron chi connectivity index (χ0n) is 6.15. The molecular weight excluding hydrogens is 119 g/mol. The molecule has 0 atom stereocenters. The minimum atomic E-state index is 0. The normalized spacial score (nSPS) is 15.0. The average Bonchev–Trinajstić information content (AvgIpc) is 2.19. The number of rotatable bonds is 2. The molecule has 1 rings (SSSR count). The predicted molar refractivity (Wildman–Crippen MR) is 38.1 cm³/mol. The van der Waals surface area contributed by atoms with Gasteiger partial charge in [0.25, 0.3) is 0 Å². The zero-order chi connectivity index (χ0) is 5.82. The average molecular weight is 129 g/mol. The molecule has 0 N–H and O–H groups in total. The van der Waals surface area contributed by atoms with Gasteiger partial charge in [0.1, 0.15) is 0 Å². The molecule has 0 bridgehead atoms. The fourth-order valence-corrected chi connectivity index (χ4v) is 1.74. The molecule has 0 saturated carbocycles. The Kier molecular flexibility index (Phi) is 5.28. The smallest absolute Gasteiger partial charge is 0.0816 e. The number of hydrogen-bond acceptors (Lipinski definition) is 0. The summed E-state index contributed by atoms with van der Waals surface area (Å²) >= 11 is 0. The van der Waals surface area contributed by atoms with Crippen molar-refractivity contribution >= 4 is 9.52 Å². The second-order valence-electron chi connectivity index (χ2n) is 1.85. The van der Waals surface area contributed by atoms with Gasteiger partial charge in [0.2, 0.25) is 0 Å². The Bertz CT molecular complexity index is 127. The van der Waals surface area contributed by atoms with Crippen LogP contribution in [0.25, 0.3) is 0 Å². The maximum Gasteiger partial charge on any atom is 1.00 e. The first-order valence-corrected chi connectivity index (χ1v) is 4.23. The zero-order valence-corrected chi connectivity index (χ0v) is 7.15. The summed E-state index contributed by atoms with van der Waals surface area (Å²) in [7, 11) is 1.07. The summed E-state index contributed by atoms with van der Waals surface area (Å²) in [5, 5.41) is 1.62. The monoisotopic (exact) mass is 129 g/mol. The van der Waals surface area contributed by atoms with Gasteiger partial charge in [-0.25, -0.2) is 0 Å². The second-order valence-corrected chi connectivity index (χ2v) is 3.56. The van der Waals surface area contributed by atoms with Crippen LogP contribution in [0, 0.1) is 0 Å². The van der Waals surface area contributed by atoms with Gasteiger partial charge in [-0.2, -0.15) is 0 Å². The number of hydrogen-bond donors (Lipinski definition) is 0. The molecule has 0 saturated heterocycles. The maximum atomic E-state index is 2.24. The van der Waals surface area contributed by atoms with E-state index in [2.05, 4.69) is 25.2 Å². The van der Waals surface area contributed by atoms with Crippen LogP contribution in [0.15, 0.2) is 23.4 Å². The summed E-state index contributed by atoms with van der Waals surface area (Å²) in [5.74, 6) is 0. The first kappa shape index (κ1) is 9.29. The van der Waals surface area contributed by atoms with Crippen molar-refractivity contribution in [2.75, 3.05) is 0 Å². The molecule has 2 heteroatoms. The number of allylic oxidation sites excluding steroid dienone is 4. The Morgan fingerprint density at radius 3 is 2.89 bits per heavy atom. The fraction of sp³-hybridized carbons (Fsp3) is 0.429. The summed E-state index contributed by atoms with van der Waals surface area (Å²) in [5.41, 5.74) is 0. The van der Waals surface area contributed by atoms with Crippen molar-refractivity contribution < 1.29 is 18.9 Å². The maximum absolute atomic E-state index is 2.24. The first-order valence-electron chi connectivity index (χ1n) is 3.03. The van der Waals surface area contributed by atoms with Gasteiger partial charge >= 0.3 is 18.9 Å². The molecule has 0 spiro atoms. The van der Waals surface area contributed by atoms with Crippen LogP contribution in [0.4, 0.5) is 0 Å². The van der Waals surface area contributed by atoms with Crippen LogP contribution in [-0.4, -0.2) is 9.52 Å². The van der Waals surface area contributed by atoms with Crippen LogP contribution in [0.2, 0.25) is 6.04 Å². The van der Waals surface area contributed by atoms with Gasteiger partial charge in [-0.1, -0.05) is 36.4 Å². The first-order chi connectivity index (χ1) is 3.93. The van der Waals surface area contributed by atoms with Crippen molar-refractivity contribution in [1.29, 1.82) is 0 Å². The second kappa shape index (κ2) is 5.11. The van der Waals surface area contributed by atoms with E-state index in [9.17, 15) is 0 Å². The molecule has 1 aliphatic rings. The third-order valence-electron chi connectivity index (χ3n) is 1.18. The quantitative estimate of drug-likeness (QED) is 0.418. The Morgan fingerprint density at radius 2 is 2.44 bits per heavy atom. The van der Waals surface area contributed by atoms with E-state index in [4.69, 9.17) is 0 Å². The minimum Gasteiger partial charge on any atom is -0.0816 e. The van der Waals surface area contributed by atoms with Crippen LogP contribution < -0.4 is 18.9 Å². The molecule has 0 fully saturated rings. The third-order valence-corrected chi connectivity index (χ3v) is 2.35. The van der Waals surface area contributed by atoms with Crippen molar-refractivity contribution in [1.82, 2.24) is 0 Å². The van der Waals surface area contributed by atoms with Crippen molar-refractivity contribution in [3.8, 4) is 0 Å². The molecule has 1 aliphatic carbocycles. The van der Waals surface area contributed by atoms with E-state index in [1.807, 2.05) is 0 Å². The van der Waals surface area contributed by atoms with Crippen molar-refractivity contribution in [2.45, 2.75) is 19.4 Å². The van der Waals surface area contributed by atoms with E-state index in [-0.39, 0.29) is 18.9 Å². The molecule has 0 unspecified atom stereocenters. The summed E-state index contributed by atoms with van der Waals surface area (Å²) < 4.78 is 0. The molecule has 2 radical (unpaired) electrons. The summed E-state index contributed by atoms with van der Waals surface area (Å²) in [6.45, 7) is 2.23. The molecule has 0 aromatic carbocycles. The largest absolute Gasteiger partial charge is 1.00 e. The van der Waals surface area contributed by atoms with Gasteiger partial charge in [0.05, 0.1) is 9.52 Å². The van der Waals surface area contributed by atoms with Crippen LogP contribution in [0.3, 0.4) is 0 Å². The molecule has 42 valence electrons. The Balaban J connectivity index is 0.000000640. The van der Waals surface area contributed by atoms with E-state index < -0.39 is 0 Å². The standard InChI is InChI=1S/C7H10Si.Li/c1-2-8-7-5-3-4-6-7;/h3-5H,2,6H2,1H3;/q;+1. The Hall–Kier alpha value is 0.294. The van der Waals surface area contributed by atoms with E-state index in [1.54, 1.807) is 5.20 Å². The van der Waals surface area contributed by atoms with Gasteiger partial charge in [0.15, 0.2) is 0 Å². The minimum absolute atomic E-state index is 0. The van der Waals surface area contributed by atoms with Gasteiger partial charge in [-0.3, -0.25) is 0 Å². The SMILES string of the molecule is CC[Si]C1=CC=CC1.[Li+]. The molecule has 0 aromatic heterocycles. The van der Waals surface area contributed by atoms with Gasteiger partial charge < -0.3 is 0 Å².